The molecule has 1 aromatic carbocycles. The maximum atomic E-state index is 11.8. The van der Waals surface area contributed by atoms with Gasteiger partial charge in [-0.25, -0.2) is 0 Å². The monoisotopic (exact) mass is 311 g/mol. The van der Waals surface area contributed by atoms with Crippen LogP contribution in [0.25, 0.3) is 0 Å². The van der Waals surface area contributed by atoms with Crippen LogP contribution in [0.3, 0.4) is 0 Å². The van der Waals surface area contributed by atoms with Gasteiger partial charge < -0.3 is 10.4 Å². The Morgan fingerprint density at radius 2 is 1.94 bits per heavy atom. The van der Waals surface area contributed by atoms with Gasteiger partial charge >= 0.3 is 5.97 Å². The van der Waals surface area contributed by atoms with E-state index in [4.69, 9.17) is 5.11 Å². The van der Waals surface area contributed by atoms with E-state index >= 15 is 0 Å². The summed E-state index contributed by atoms with van der Waals surface area (Å²) in [4.78, 5) is 22.7. The van der Waals surface area contributed by atoms with Crippen molar-refractivity contribution in [2.24, 2.45) is 11.8 Å². The quantitative estimate of drug-likeness (QED) is 0.895. The number of carbonyl (C=O) groups excluding carboxylic acids is 1. The average molecular weight is 312 g/mol. The van der Waals surface area contributed by atoms with E-state index in [9.17, 15) is 9.59 Å². The Bertz CT molecular complexity index is 475. The van der Waals surface area contributed by atoms with E-state index in [1.54, 1.807) is 0 Å². The highest BCUT2D eigenvalue weighted by atomic mass is 79.9. The van der Waals surface area contributed by atoms with Crippen LogP contribution in [0, 0.1) is 11.8 Å². The maximum absolute atomic E-state index is 11.8. The summed E-state index contributed by atoms with van der Waals surface area (Å²) < 4.78 is 0.939. The molecule has 0 aromatic heterocycles. The minimum atomic E-state index is -0.873. The Labute approximate surface area is 114 Å². The second-order valence-corrected chi connectivity index (χ2v) is 5.29. The highest BCUT2D eigenvalue weighted by Crippen LogP contribution is 2.34. The van der Waals surface area contributed by atoms with Crippen LogP contribution < -0.4 is 5.32 Å². The number of carboxylic acids is 1. The van der Waals surface area contributed by atoms with Crippen LogP contribution in [0.4, 0.5) is 0 Å². The first-order valence-corrected chi connectivity index (χ1v) is 6.63. The molecule has 4 nitrogen and oxygen atoms in total. The minimum Gasteiger partial charge on any atom is -0.481 e. The fraction of sp³-hybridized carbons (Fsp3) is 0.385. The van der Waals surface area contributed by atoms with Gasteiger partial charge in [0.1, 0.15) is 0 Å². The van der Waals surface area contributed by atoms with Gasteiger partial charge in [0.15, 0.2) is 0 Å². The van der Waals surface area contributed by atoms with E-state index in [1.165, 1.54) is 0 Å². The van der Waals surface area contributed by atoms with Gasteiger partial charge in [-0.05, 0) is 24.5 Å². The number of aliphatic carboxylic acids is 1. The lowest BCUT2D eigenvalue weighted by atomic mass is 9.73. The molecule has 18 heavy (non-hydrogen) atoms. The van der Waals surface area contributed by atoms with Crippen LogP contribution in [-0.2, 0) is 16.1 Å². The number of carbonyl (C=O) groups is 2. The molecular weight excluding hydrogens is 298 g/mol. The van der Waals surface area contributed by atoms with Crippen molar-refractivity contribution in [3.63, 3.8) is 0 Å². The predicted molar refractivity (Wildman–Crippen MR) is 69.8 cm³/mol. The van der Waals surface area contributed by atoms with Gasteiger partial charge in [-0.15, -0.1) is 0 Å². The number of benzene rings is 1. The number of hydrogen-bond donors (Lipinski definition) is 2. The number of halogens is 1. The molecule has 1 aliphatic carbocycles. The lowest BCUT2D eigenvalue weighted by Crippen LogP contribution is -2.43. The summed E-state index contributed by atoms with van der Waals surface area (Å²) in [7, 11) is 0. The van der Waals surface area contributed by atoms with E-state index in [2.05, 4.69) is 21.2 Å². The Balaban J connectivity index is 1.89. The van der Waals surface area contributed by atoms with E-state index in [0.29, 0.717) is 19.4 Å². The van der Waals surface area contributed by atoms with E-state index < -0.39 is 11.9 Å². The number of rotatable bonds is 4. The van der Waals surface area contributed by atoms with Crippen LogP contribution in [0.2, 0.25) is 0 Å². The molecule has 96 valence electrons. The number of hydrogen-bond acceptors (Lipinski definition) is 2. The van der Waals surface area contributed by atoms with Crippen LogP contribution in [0.15, 0.2) is 28.7 Å². The summed E-state index contributed by atoms with van der Waals surface area (Å²) in [5, 5.41) is 11.7. The van der Waals surface area contributed by atoms with Gasteiger partial charge in [-0.3, -0.25) is 9.59 Å². The van der Waals surface area contributed by atoms with Crippen molar-refractivity contribution in [2.45, 2.75) is 19.4 Å². The fourth-order valence-electron chi connectivity index (χ4n) is 2.06. The molecule has 0 aliphatic heterocycles. The third kappa shape index (κ3) is 2.72. The molecule has 1 aliphatic rings. The molecule has 1 saturated carbocycles. The standard InChI is InChI=1S/C13H14BrNO3/c14-11-4-2-1-3-8(11)7-15-12(16)9-5-6-10(9)13(17)18/h1-4,9-10H,5-7H2,(H,15,16)(H,17,18). The summed E-state index contributed by atoms with van der Waals surface area (Å²) >= 11 is 3.40. The summed E-state index contributed by atoms with van der Waals surface area (Å²) in [6, 6.07) is 7.63. The van der Waals surface area contributed by atoms with Gasteiger partial charge in [-0.1, -0.05) is 34.1 Å². The zero-order chi connectivity index (χ0) is 13.1. The molecular formula is C13H14BrNO3. The van der Waals surface area contributed by atoms with Gasteiger partial charge in [0, 0.05) is 11.0 Å². The summed E-state index contributed by atoms with van der Waals surface area (Å²) in [6.07, 6.45) is 1.27. The average Bonchev–Trinajstić information content (AvgIpc) is 2.25. The minimum absolute atomic E-state index is 0.163. The summed E-state index contributed by atoms with van der Waals surface area (Å²) in [5.41, 5.74) is 0.983. The van der Waals surface area contributed by atoms with Crippen molar-refractivity contribution < 1.29 is 14.7 Å². The molecule has 2 unspecified atom stereocenters. The molecule has 0 bridgehead atoms. The Morgan fingerprint density at radius 3 is 2.50 bits per heavy atom. The van der Waals surface area contributed by atoms with Gasteiger partial charge in [0.05, 0.1) is 11.8 Å². The maximum Gasteiger partial charge on any atom is 0.307 e. The highest BCUT2D eigenvalue weighted by Gasteiger charge is 2.41. The first kappa shape index (κ1) is 13.1. The fourth-order valence-corrected chi connectivity index (χ4v) is 2.49. The number of nitrogens with one attached hydrogen (secondary N) is 1. The van der Waals surface area contributed by atoms with Gasteiger partial charge in [0.25, 0.3) is 0 Å². The lowest BCUT2D eigenvalue weighted by molar-refractivity contribution is -0.152. The Hall–Kier alpha value is -1.36. The van der Waals surface area contributed by atoms with Crippen molar-refractivity contribution in [1.29, 1.82) is 0 Å². The SMILES string of the molecule is O=C(O)C1CCC1C(=O)NCc1ccccc1Br. The van der Waals surface area contributed by atoms with Gasteiger partial charge in [-0.2, -0.15) is 0 Å². The van der Waals surface area contributed by atoms with Gasteiger partial charge in [0.2, 0.25) is 5.91 Å². The van der Waals surface area contributed by atoms with Crippen LogP contribution in [0.1, 0.15) is 18.4 Å². The van der Waals surface area contributed by atoms with E-state index in [1.807, 2.05) is 24.3 Å². The molecule has 2 rings (SSSR count). The summed E-state index contributed by atoms with van der Waals surface area (Å²) in [5.74, 6) is -1.92. The molecule has 1 amide bonds. The first-order valence-electron chi connectivity index (χ1n) is 5.83. The molecule has 0 radical (unpaired) electrons. The predicted octanol–water partition coefficient (Wildman–Crippen LogP) is 2.18. The molecule has 0 saturated heterocycles. The van der Waals surface area contributed by atoms with E-state index in [0.717, 1.165) is 10.0 Å². The number of carboxylic acid groups (broad SMARTS) is 1. The lowest BCUT2D eigenvalue weighted by Gasteiger charge is -2.31. The van der Waals surface area contributed by atoms with Crippen molar-refractivity contribution in [2.75, 3.05) is 0 Å². The topological polar surface area (TPSA) is 66.4 Å². The second-order valence-electron chi connectivity index (χ2n) is 4.44. The normalized spacial score (nSPS) is 22.1. The molecule has 5 heteroatoms. The highest BCUT2D eigenvalue weighted by molar-refractivity contribution is 9.10. The summed E-state index contributed by atoms with van der Waals surface area (Å²) in [6.45, 7) is 0.420. The molecule has 1 fully saturated rings. The molecule has 0 spiro atoms. The Morgan fingerprint density at radius 1 is 1.28 bits per heavy atom. The Kier molecular flexibility index (Phi) is 4.01. The van der Waals surface area contributed by atoms with E-state index in [-0.39, 0.29) is 11.8 Å². The third-order valence-corrected chi connectivity index (χ3v) is 4.11. The smallest absolute Gasteiger partial charge is 0.307 e. The van der Waals surface area contributed by atoms with Crippen molar-refractivity contribution in [1.82, 2.24) is 5.32 Å². The first-order chi connectivity index (χ1) is 8.59. The van der Waals surface area contributed by atoms with Crippen LogP contribution in [0.5, 0.6) is 0 Å². The largest absolute Gasteiger partial charge is 0.481 e. The molecule has 2 atom stereocenters. The van der Waals surface area contributed by atoms with Crippen molar-refractivity contribution in [3.05, 3.63) is 34.3 Å². The van der Waals surface area contributed by atoms with Crippen LogP contribution >= 0.6 is 15.9 Å². The molecule has 0 heterocycles. The third-order valence-electron chi connectivity index (χ3n) is 3.34. The van der Waals surface area contributed by atoms with Crippen LogP contribution in [-0.4, -0.2) is 17.0 Å². The van der Waals surface area contributed by atoms with Crippen molar-refractivity contribution in [3.8, 4) is 0 Å². The molecule has 2 N–H and O–H groups in total. The number of amides is 1. The zero-order valence-electron chi connectivity index (χ0n) is 9.73. The zero-order valence-corrected chi connectivity index (χ0v) is 11.3. The van der Waals surface area contributed by atoms with Crippen molar-refractivity contribution >= 4 is 27.8 Å². The molecule has 1 aromatic rings. The second kappa shape index (κ2) is 5.52.